The number of anilines is 1. The second kappa shape index (κ2) is 7.38. The SMILES string of the molecule is CCCOc1ccccc1Oc1ccc(N)c(OCC)n1. The van der Waals surface area contributed by atoms with Gasteiger partial charge in [0.05, 0.1) is 18.9 Å². The molecule has 0 atom stereocenters. The topological polar surface area (TPSA) is 66.6 Å². The summed E-state index contributed by atoms with van der Waals surface area (Å²) < 4.78 is 16.8. The molecule has 1 aromatic heterocycles. The van der Waals surface area contributed by atoms with Crippen molar-refractivity contribution in [1.29, 1.82) is 0 Å². The number of rotatable bonds is 7. The zero-order chi connectivity index (χ0) is 15.1. The molecule has 0 aliphatic rings. The molecule has 2 N–H and O–H groups in total. The molecule has 0 spiro atoms. The van der Waals surface area contributed by atoms with E-state index in [1.54, 1.807) is 12.1 Å². The summed E-state index contributed by atoms with van der Waals surface area (Å²) in [5.41, 5.74) is 6.28. The molecule has 1 aromatic carbocycles. The van der Waals surface area contributed by atoms with Gasteiger partial charge in [0, 0.05) is 6.07 Å². The average molecular weight is 288 g/mol. The summed E-state index contributed by atoms with van der Waals surface area (Å²) in [5.74, 6) is 2.10. The number of nitrogens with two attached hydrogens (primary N) is 1. The molecule has 2 aromatic rings. The number of ether oxygens (including phenoxy) is 3. The van der Waals surface area contributed by atoms with E-state index in [9.17, 15) is 0 Å². The standard InChI is InChI=1S/C16H20N2O3/c1-3-11-20-13-7-5-6-8-14(13)21-15-10-9-12(17)16(18-15)19-4-2/h5-10H,3-4,11,17H2,1-2H3. The highest BCUT2D eigenvalue weighted by Gasteiger charge is 2.09. The van der Waals surface area contributed by atoms with Gasteiger partial charge in [-0.25, -0.2) is 0 Å². The summed E-state index contributed by atoms with van der Waals surface area (Å²) in [6.07, 6.45) is 0.933. The number of nitrogens with zero attached hydrogens (tertiary/aromatic N) is 1. The Morgan fingerprint density at radius 3 is 2.48 bits per heavy atom. The van der Waals surface area contributed by atoms with Gasteiger partial charge < -0.3 is 19.9 Å². The number of hydrogen-bond donors (Lipinski definition) is 1. The van der Waals surface area contributed by atoms with Crippen molar-refractivity contribution in [1.82, 2.24) is 4.98 Å². The summed E-state index contributed by atoms with van der Waals surface area (Å²) >= 11 is 0. The lowest BCUT2D eigenvalue weighted by Gasteiger charge is -2.12. The number of para-hydroxylation sites is 2. The molecule has 0 aliphatic heterocycles. The Hall–Kier alpha value is -2.43. The zero-order valence-electron chi connectivity index (χ0n) is 12.3. The van der Waals surface area contributed by atoms with Crippen molar-refractivity contribution in [2.24, 2.45) is 0 Å². The maximum atomic E-state index is 5.80. The normalized spacial score (nSPS) is 10.2. The summed E-state index contributed by atoms with van der Waals surface area (Å²) in [4.78, 5) is 4.25. The third kappa shape index (κ3) is 4.02. The molecule has 5 nitrogen and oxygen atoms in total. The molecule has 5 heteroatoms. The van der Waals surface area contributed by atoms with Gasteiger partial charge in [-0.1, -0.05) is 19.1 Å². The summed E-state index contributed by atoms with van der Waals surface area (Å²) in [7, 11) is 0. The summed E-state index contributed by atoms with van der Waals surface area (Å²) in [6.45, 7) is 5.07. The van der Waals surface area contributed by atoms with Gasteiger partial charge in [0.1, 0.15) is 0 Å². The van der Waals surface area contributed by atoms with Crippen LogP contribution in [0.4, 0.5) is 5.69 Å². The average Bonchev–Trinajstić information content (AvgIpc) is 2.50. The van der Waals surface area contributed by atoms with Crippen molar-refractivity contribution in [2.75, 3.05) is 18.9 Å². The number of aromatic nitrogens is 1. The van der Waals surface area contributed by atoms with Crippen LogP contribution in [-0.4, -0.2) is 18.2 Å². The fourth-order valence-electron chi connectivity index (χ4n) is 1.72. The molecular weight excluding hydrogens is 268 g/mol. The summed E-state index contributed by atoms with van der Waals surface area (Å²) in [5, 5.41) is 0. The lowest BCUT2D eigenvalue weighted by molar-refractivity contribution is 0.297. The van der Waals surface area contributed by atoms with Crippen LogP contribution in [0.25, 0.3) is 0 Å². The van der Waals surface area contributed by atoms with Gasteiger partial charge in [-0.05, 0) is 31.5 Å². The largest absolute Gasteiger partial charge is 0.490 e. The molecule has 0 amide bonds. The van der Waals surface area contributed by atoms with Crippen LogP contribution in [0.3, 0.4) is 0 Å². The van der Waals surface area contributed by atoms with E-state index in [0.29, 0.717) is 42.2 Å². The van der Waals surface area contributed by atoms with Crippen molar-refractivity contribution < 1.29 is 14.2 Å². The molecule has 0 saturated heterocycles. The molecule has 0 aliphatic carbocycles. The maximum Gasteiger partial charge on any atom is 0.240 e. The zero-order valence-corrected chi connectivity index (χ0v) is 12.3. The van der Waals surface area contributed by atoms with Gasteiger partial charge >= 0.3 is 0 Å². The number of pyridine rings is 1. The highest BCUT2D eigenvalue weighted by molar-refractivity contribution is 5.50. The van der Waals surface area contributed by atoms with Crippen LogP contribution in [0.1, 0.15) is 20.3 Å². The Bertz CT molecular complexity index is 587. The molecule has 0 fully saturated rings. The second-order valence-corrected chi connectivity index (χ2v) is 4.37. The number of benzene rings is 1. The van der Waals surface area contributed by atoms with E-state index in [-0.39, 0.29) is 0 Å². The summed E-state index contributed by atoms with van der Waals surface area (Å²) in [6, 6.07) is 10.9. The van der Waals surface area contributed by atoms with Gasteiger partial charge in [0.25, 0.3) is 0 Å². The first-order valence-electron chi connectivity index (χ1n) is 7.03. The van der Waals surface area contributed by atoms with Crippen molar-refractivity contribution in [3.05, 3.63) is 36.4 Å². The Morgan fingerprint density at radius 1 is 1.00 bits per heavy atom. The lowest BCUT2D eigenvalue weighted by Crippen LogP contribution is -2.01. The fraction of sp³-hybridized carbons (Fsp3) is 0.312. The molecule has 21 heavy (non-hydrogen) atoms. The molecule has 2 rings (SSSR count). The van der Waals surface area contributed by atoms with E-state index >= 15 is 0 Å². The van der Waals surface area contributed by atoms with E-state index in [4.69, 9.17) is 19.9 Å². The Labute approximate surface area is 124 Å². The third-order valence-corrected chi connectivity index (χ3v) is 2.67. The van der Waals surface area contributed by atoms with Crippen LogP contribution in [-0.2, 0) is 0 Å². The van der Waals surface area contributed by atoms with Crippen LogP contribution >= 0.6 is 0 Å². The van der Waals surface area contributed by atoms with E-state index in [1.807, 2.05) is 31.2 Å². The van der Waals surface area contributed by atoms with E-state index in [0.717, 1.165) is 6.42 Å². The predicted octanol–water partition coefficient (Wildman–Crippen LogP) is 3.64. The highest BCUT2D eigenvalue weighted by atomic mass is 16.5. The van der Waals surface area contributed by atoms with Crippen LogP contribution in [0.2, 0.25) is 0 Å². The van der Waals surface area contributed by atoms with Crippen molar-refractivity contribution >= 4 is 5.69 Å². The maximum absolute atomic E-state index is 5.80. The first-order valence-corrected chi connectivity index (χ1v) is 7.03. The molecule has 0 saturated carbocycles. The fourth-order valence-corrected chi connectivity index (χ4v) is 1.72. The Kier molecular flexibility index (Phi) is 5.26. The monoisotopic (exact) mass is 288 g/mol. The van der Waals surface area contributed by atoms with Gasteiger partial charge in [-0.15, -0.1) is 0 Å². The van der Waals surface area contributed by atoms with Gasteiger partial charge in [-0.2, -0.15) is 4.98 Å². The minimum Gasteiger partial charge on any atom is -0.490 e. The van der Waals surface area contributed by atoms with Gasteiger partial charge in [0.15, 0.2) is 11.5 Å². The minimum absolute atomic E-state index is 0.377. The van der Waals surface area contributed by atoms with Gasteiger partial charge in [0.2, 0.25) is 11.8 Å². The smallest absolute Gasteiger partial charge is 0.240 e. The second-order valence-electron chi connectivity index (χ2n) is 4.37. The molecule has 1 heterocycles. The Morgan fingerprint density at radius 2 is 1.76 bits per heavy atom. The first-order chi connectivity index (χ1) is 10.2. The third-order valence-electron chi connectivity index (χ3n) is 2.67. The predicted molar refractivity (Wildman–Crippen MR) is 82.1 cm³/mol. The minimum atomic E-state index is 0.377. The first kappa shape index (κ1) is 15.0. The van der Waals surface area contributed by atoms with Crippen LogP contribution in [0, 0.1) is 0 Å². The van der Waals surface area contributed by atoms with Crippen LogP contribution in [0.5, 0.6) is 23.3 Å². The van der Waals surface area contributed by atoms with E-state index < -0.39 is 0 Å². The van der Waals surface area contributed by atoms with E-state index in [2.05, 4.69) is 11.9 Å². The number of hydrogen-bond acceptors (Lipinski definition) is 5. The molecular formula is C16H20N2O3. The highest BCUT2D eigenvalue weighted by Crippen LogP contribution is 2.32. The van der Waals surface area contributed by atoms with E-state index in [1.165, 1.54) is 0 Å². The van der Waals surface area contributed by atoms with Gasteiger partial charge in [-0.3, -0.25) is 0 Å². The lowest BCUT2D eigenvalue weighted by atomic mass is 10.3. The molecule has 0 unspecified atom stereocenters. The van der Waals surface area contributed by atoms with Crippen molar-refractivity contribution in [3.8, 4) is 23.3 Å². The van der Waals surface area contributed by atoms with Crippen molar-refractivity contribution in [2.45, 2.75) is 20.3 Å². The molecule has 112 valence electrons. The number of nitrogen functional groups attached to an aromatic ring is 1. The molecule has 0 bridgehead atoms. The van der Waals surface area contributed by atoms with Crippen molar-refractivity contribution in [3.63, 3.8) is 0 Å². The van der Waals surface area contributed by atoms with Crippen LogP contribution < -0.4 is 19.9 Å². The quantitative estimate of drug-likeness (QED) is 0.842. The van der Waals surface area contributed by atoms with Crippen LogP contribution in [0.15, 0.2) is 36.4 Å². The molecule has 0 radical (unpaired) electrons. The Balaban J connectivity index is 2.19.